The summed E-state index contributed by atoms with van der Waals surface area (Å²) in [6, 6.07) is -0.361. The lowest BCUT2D eigenvalue weighted by Gasteiger charge is -2.42. The van der Waals surface area contributed by atoms with E-state index in [0.717, 1.165) is 0 Å². The fourth-order valence-electron chi connectivity index (χ4n) is 2.65. The second kappa shape index (κ2) is 7.72. The predicted octanol–water partition coefficient (Wildman–Crippen LogP) is -0.410. The molecule has 0 radical (unpaired) electrons. The zero-order valence-corrected chi connectivity index (χ0v) is 12.9. The molecule has 1 amide bonds. The van der Waals surface area contributed by atoms with Crippen molar-refractivity contribution in [2.24, 2.45) is 5.92 Å². The topological polar surface area (TPSA) is 105 Å². The molecule has 7 heteroatoms. The van der Waals surface area contributed by atoms with Crippen molar-refractivity contribution in [1.29, 1.82) is 0 Å². The van der Waals surface area contributed by atoms with Gasteiger partial charge >= 0.3 is 5.97 Å². The van der Waals surface area contributed by atoms with Crippen molar-refractivity contribution < 1.29 is 29.3 Å². The monoisotopic (exact) mass is 303 g/mol. The van der Waals surface area contributed by atoms with Crippen LogP contribution < -0.4 is 5.32 Å². The number of carbonyl (C=O) groups is 2. The van der Waals surface area contributed by atoms with Crippen LogP contribution in [0.2, 0.25) is 0 Å². The molecule has 0 aromatic carbocycles. The molecule has 1 rings (SSSR count). The number of hydrogen-bond donors (Lipinski definition) is 3. The molecule has 6 atom stereocenters. The van der Waals surface area contributed by atoms with E-state index in [1.54, 1.807) is 20.8 Å². The Kier molecular flexibility index (Phi) is 6.57. The van der Waals surface area contributed by atoms with E-state index in [2.05, 4.69) is 5.32 Å². The Hall–Kier alpha value is -1.18. The van der Waals surface area contributed by atoms with Crippen LogP contribution in [0, 0.1) is 5.92 Å². The van der Waals surface area contributed by atoms with E-state index in [-0.39, 0.29) is 37.0 Å². The lowest BCUT2D eigenvalue weighted by atomic mass is 9.86. The average Bonchev–Trinajstić information content (AvgIpc) is 2.37. The smallest absolute Gasteiger partial charge is 0.302 e. The number of rotatable bonds is 5. The van der Waals surface area contributed by atoms with Crippen molar-refractivity contribution in [1.82, 2.24) is 5.32 Å². The van der Waals surface area contributed by atoms with Gasteiger partial charge in [-0.1, -0.05) is 6.92 Å². The van der Waals surface area contributed by atoms with Gasteiger partial charge in [-0.15, -0.1) is 0 Å². The van der Waals surface area contributed by atoms with Crippen LogP contribution >= 0.6 is 0 Å². The second-order valence-electron chi connectivity index (χ2n) is 5.63. The van der Waals surface area contributed by atoms with Gasteiger partial charge in [0.25, 0.3) is 0 Å². The van der Waals surface area contributed by atoms with E-state index >= 15 is 0 Å². The van der Waals surface area contributed by atoms with Gasteiger partial charge in [-0.2, -0.15) is 0 Å². The molecule has 7 nitrogen and oxygen atoms in total. The third-order valence-corrected chi connectivity index (χ3v) is 3.73. The highest BCUT2D eigenvalue weighted by atomic mass is 16.5. The third-order valence-electron chi connectivity index (χ3n) is 3.73. The summed E-state index contributed by atoms with van der Waals surface area (Å²) in [5, 5.41) is 22.0. The van der Waals surface area contributed by atoms with Gasteiger partial charge in [0.15, 0.2) is 0 Å². The fraction of sp³-hybridized carbons (Fsp3) is 0.857. The number of ether oxygens (including phenoxy) is 2. The van der Waals surface area contributed by atoms with Crippen LogP contribution in [0.4, 0.5) is 0 Å². The minimum absolute atomic E-state index is 0.0506. The summed E-state index contributed by atoms with van der Waals surface area (Å²) in [6.45, 7) is 6.25. The first-order valence-electron chi connectivity index (χ1n) is 7.17. The Balaban J connectivity index is 2.56. The van der Waals surface area contributed by atoms with Gasteiger partial charge in [-0.05, 0) is 13.8 Å². The molecular formula is C14H25NO6. The maximum Gasteiger partial charge on any atom is 0.302 e. The van der Waals surface area contributed by atoms with Gasteiger partial charge in [0.05, 0.1) is 31.3 Å². The van der Waals surface area contributed by atoms with Crippen LogP contribution in [0.15, 0.2) is 0 Å². The lowest BCUT2D eigenvalue weighted by molar-refractivity contribution is -0.167. The minimum atomic E-state index is -0.845. The largest absolute Gasteiger partial charge is 0.462 e. The van der Waals surface area contributed by atoms with Gasteiger partial charge in [0.2, 0.25) is 5.91 Å². The summed E-state index contributed by atoms with van der Waals surface area (Å²) in [5.41, 5.74) is 0. The summed E-state index contributed by atoms with van der Waals surface area (Å²) >= 11 is 0. The van der Waals surface area contributed by atoms with Crippen molar-refractivity contribution in [2.45, 2.75) is 64.6 Å². The molecule has 1 heterocycles. The van der Waals surface area contributed by atoms with Crippen molar-refractivity contribution in [3.05, 3.63) is 0 Å². The zero-order chi connectivity index (χ0) is 16.2. The standard InChI is InChI=1S/C14H25NO6/c1-7(20-10(4)17)5-12(18)15-13-8(2)14(19)11(6-16)21-9(13)3/h7-9,11,13-14,16,19H,5-6H2,1-4H3,(H,15,18). The number of hydrogen-bond acceptors (Lipinski definition) is 6. The molecule has 0 spiro atoms. The first-order chi connectivity index (χ1) is 9.76. The molecule has 0 aromatic heterocycles. The maximum atomic E-state index is 12.0. The Morgan fingerprint density at radius 1 is 1.38 bits per heavy atom. The highest BCUT2D eigenvalue weighted by Crippen LogP contribution is 2.25. The van der Waals surface area contributed by atoms with Crippen LogP contribution in [0.5, 0.6) is 0 Å². The quantitative estimate of drug-likeness (QED) is 0.596. The molecule has 1 aliphatic heterocycles. The van der Waals surface area contributed by atoms with Gasteiger partial charge in [-0.25, -0.2) is 0 Å². The van der Waals surface area contributed by atoms with Crippen LogP contribution in [0.1, 0.15) is 34.1 Å². The third kappa shape index (κ3) is 4.94. The fourth-order valence-corrected chi connectivity index (χ4v) is 2.65. The summed E-state index contributed by atoms with van der Waals surface area (Å²) < 4.78 is 10.4. The summed E-state index contributed by atoms with van der Waals surface area (Å²) in [5.74, 6) is -0.955. The number of nitrogens with one attached hydrogen (secondary N) is 1. The Morgan fingerprint density at radius 2 is 2.00 bits per heavy atom. The second-order valence-corrected chi connectivity index (χ2v) is 5.63. The van der Waals surface area contributed by atoms with E-state index in [9.17, 15) is 14.7 Å². The number of amides is 1. The van der Waals surface area contributed by atoms with Crippen molar-refractivity contribution >= 4 is 11.9 Å². The molecule has 0 aromatic rings. The molecule has 0 aliphatic carbocycles. The highest BCUT2D eigenvalue weighted by Gasteiger charge is 2.41. The molecule has 0 saturated carbocycles. The summed E-state index contributed by atoms with van der Waals surface area (Å²) in [6.07, 6.45) is -2.26. The molecule has 1 aliphatic rings. The van der Waals surface area contributed by atoms with Crippen LogP contribution in [0.3, 0.4) is 0 Å². The van der Waals surface area contributed by atoms with E-state index < -0.39 is 24.3 Å². The van der Waals surface area contributed by atoms with E-state index in [4.69, 9.17) is 14.6 Å². The normalized spacial score (nSPS) is 34.1. The van der Waals surface area contributed by atoms with Gasteiger partial charge < -0.3 is 25.0 Å². The van der Waals surface area contributed by atoms with Gasteiger partial charge in [-0.3, -0.25) is 9.59 Å². The van der Waals surface area contributed by atoms with E-state index in [0.29, 0.717) is 0 Å². The first-order valence-corrected chi connectivity index (χ1v) is 7.17. The summed E-state index contributed by atoms with van der Waals surface area (Å²) in [7, 11) is 0. The average molecular weight is 303 g/mol. The van der Waals surface area contributed by atoms with Gasteiger partial charge in [0, 0.05) is 12.8 Å². The lowest BCUT2D eigenvalue weighted by Crippen LogP contribution is -2.59. The minimum Gasteiger partial charge on any atom is -0.462 e. The highest BCUT2D eigenvalue weighted by molar-refractivity contribution is 5.77. The summed E-state index contributed by atoms with van der Waals surface area (Å²) in [4.78, 5) is 22.8. The Labute approximate surface area is 124 Å². The van der Waals surface area contributed by atoms with Crippen molar-refractivity contribution in [3.8, 4) is 0 Å². The van der Waals surface area contributed by atoms with Crippen LogP contribution in [-0.4, -0.2) is 59.2 Å². The van der Waals surface area contributed by atoms with Crippen molar-refractivity contribution in [3.63, 3.8) is 0 Å². The molecule has 21 heavy (non-hydrogen) atoms. The SMILES string of the molecule is CC(=O)OC(C)CC(=O)NC1C(C)OC(CO)C(O)C1C. The van der Waals surface area contributed by atoms with Gasteiger partial charge in [0.1, 0.15) is 12.2 Å². The van der Waals surface area contributed by atoms with E-state index in [1.807, 2.05) is 0 Å². The predicted molar refractivity (Wildman–Crippen MR) is 74.4 cm³/mol. The van der Waals surface area contributed by atoms with Crippen molar-refractivity contribution in [2.75, 3.05) is 6.61 Å². The molecule has 3 N–H and O–H groups in total. The first kappa shape index (κ1) is 17.9. The molecule has 122 valence electrons. The number of aliphatic hydroxyl groups is 2. The van der Waals surface area contributed by atoms with Crippen LogP contribution in [0.25, 0.3) is 0 Å². The molecule has 1 fully saturated rings. The zero-order valence-electron chi connectivity index (χ0n) is 12.9. The molecule has 6 unspecified atom stereocenters. The molecule has 1 saturated heterocycles. The number of esters is 1. The molecule has 0 bridgehead atoms. The maximum absolute atomic E-state index is 12.0. The van der Waals surface area contributed by atoms with Crippen LogP contribution in [-0.2, 0) is 19.1 Å². The van der Waals surface area contributed by atoms with E-state index in [1.165, 1.54) is 6.92 Å². The number of carbonyl (C=O) groups excluding carboxylic acids is 2. The Morgan fingerprint density at radius 3 is 2.52 bits per heavy atom. The molecular weight excluding hydrogens is 278 g/mol. The number of aliphatic hydroxyl groups excluding tert-OH is 2. The Bertz CT molecular complexity index is 374.